The molecule has 0 aliphatic heterocycles. The van der Waals surface area contributed by atoms with Crippen molar-refractivity contribution in [3.05, 3.63) is 83.3 Å². The minimum Gasteiger partial charge on any atom is -0.264 e. The smallest absolute Gasteiger partial charge is 0.0720 e. The van der Waals surface area contributed by atoms with E-state index < -0.39 is 0 Å². The van der Waals surface area contributed by atoms with Gasteiger partial charge in [0.25, 0.3) is 0 Å². The highest BCUT2D eigenvalue weighted by molar-refractivity contribution is 5.72. The van der Waals surface area contributed by atoms with Gasteiger partial charge in [0.1, 0.15) is 0 Å². The van der Waals surface area contributed by atoms with Gasteiger partial charge in [-0.3, -0.25) is 9.97 Å². The molecule has 0 bridgehead atoms. The molecule has 0 N–H and O–H groups in total. The SMILES string of the molecule is CC1(C)c2ccccc2C(C)(C)c2c(-c3ccccn3)cncc21. The van der Waals surface area contributed by atoms with Crippen LogP contribution in [0, 0.1) is 0 Å². The van der Waals surface area contributed by atoms with E-state index in [1.54, 1.807) is 0 Å². The summed E-state index contributed by atoms with van der Waals surface area (Å²) in [5.74, 6) is 0. The summed E-state index contributed by atoms with van der Waals surface area (Å²) < 4.78 is 0. The Kier molecular flexibility index (Phi) is 3.14. The van der Waals surface area contributed by atoms with Crippen LogP contribution < -0.4 is 0 Å². The van der Waals surface area contributed by atoms with Crippen molar-refractivity contribution in [1.82, 2.24) is 9.97 Å². The minimum absolute atomic E-state index is 0.0702. The molecule has 0 saturated heterocycles. The van der Waals surface area contributed by atoms with Crippen LogP contribution in [0.1, 0.15) is 49.9 Å². The molecule has 0 spiro atoms. The van der Waals surface area contributed by atoms with Crippen molar-refractivity contribution in [2.24, 2.45) is 0 Å². The molecule has 0 saturated carbocycles. The molecule has 4 rings (SSSR count). The number of hydrogen-bond donors (Lipinski definition) is 0. The van der Waals surface area contributed by atoms with Gasteiger partial charge in [0, 0.05) is 35.0 Å². The molecule has 0 atom stereocenters. The highest BCUT2D eigenvalue weighted by atomic mass is 14.7. The van der Waals surface area contributed by atoms with Gasteiger partial charge in [-0.15, -0.1) is 0 Å². The minimum atomic E-state index is -0.0861. The van der Waals surface area contributed by atoms with Gasteiger partial charge in [-0.05, 0) is 34.4 Å². The highest BCUT2D eigenvalue weighted by Crippen LogP contribution is 2.51. The second kappa shape index (κ2) is 5.01. The maximum absolute atomic E-state index is 4.59. The standard InChI is InChI=1S/C22H22N2/c1-21(2)16-9-5-6-10-17(16)22(3,4)20-15(13-23-14-18(20)21)19-11-7-8-12-24-19/h5-14H,1-4H3. The zero-order valence-electron chi connectivity index (χ0n) is 14.7. The van der Waals surface area contributed by atoms with E-state index in [1.807, 2.05) is 30.7 Å². The van der Waals surface area contributed by atoms with Gasteiger partial charge in [0.15, 0.2) is 0 Å². The third-order valence-electron chi connectivity index (χ3n) is 5.46. The van der Waals surface area contributed by atoms with Crippen LogP contribution in [-0.4, -0.2) is 9.97 Å². The zero-order chi connectivity index (χ0) is 16.9. The van der Waals surface area contributed by atoms with Crippen molar-refractivity contribution in [1.29, 1.82) is 0 Å². The second-order valence-electron chi connectivity index (χ2n) is 7.62. The van der Waals surface area contributed by atoms with Gasteiger partial charge in [-0.2, -0.15) is 0 Å². The van der Waals surface area contributed by atoms with Crippen molar-refractivity contribution in [3.63, 3.8) is 0 Å². The first-order valence-electron chi connectivity index (χ1n) is 8.44. The average Bonchev–Trinajstić information content (AvgIpc) is 2.61. The summed E-state index contributed by atoms with van der Waals surface area (Å²) in [6.45, 7) is 9.21. The Morgan fingerprint density at radius 2 is 1.38 bits per heavy atom. The van der Waals surface area contributed by atoms with E-state index in [1.165, 1.54) is 22.3 Å². The quantitative estimate of drug-likeness (QED) is 0.624. The number of aromatic nitrogens is 2. The molecular formula is C22H22N2. The Hall–Kier alpha value is -2.48. The molecule has 2 heterocycles. The average molecular weight is 314 g/mol. The van der Waals surface area contributed by atoms with Gasteiger partial charge in [-0.25, -0.2) is 0 Å². The zero-order valence-corrected chi connectivity index (χ0v) is 14.7. The number of fused-ring (bicyclic) bond motifs is 2. The fourth-order valence-electron chi connectivity index (χ4n) is 4.18. The van der Waals surface area contributed by atoms with Gasteiger partial charge in [0.2, 0.25) is 0 Å². The van der Waals surface area contributed by atoms with Crippen LogP contribution >= 0.6 is 0 Å². The molecule has 2 heteroatoms. The van der Waals surface area contributed by atoms with Gasteiger partial charge < -0.3 is 0 Å². The summed E-state index contributed by atoms with van der Waals surface area (Å²) in [6.07, 6.45) is 5.86. The predicted molar refractivity (Wildman–Crippen MR) is 98.2 cm³/mol. The summed E-state index contributed by atoms with van der Waals surface area (Å²) in [6, 6.07) is 14.9. The van der Waals surface area contributed by atoms with Crippen molar-refractivity contribution in [3.8, 4) is 11.3 Å². The topological polar surface area (TPSA) is 25.8 Å². The van der Waals surface area contributed by atoms with Gasteiger partial charge in [-0.1, -0.05) is 58.0 Å². The number of hydrogen-bond acceptors (Lipinski definition) is 2. The first-order chi connectivity index (χ1) is 11.4. The monoisotopic (exact) mass is 314 g/mol. The maximum atomic E-state index is 4.59. The van der Waals surface area contributed by atoms with E-state index >= 15 is 0 Å². The summed E-state index contributed by atoms with van der Waals surface area (Å²) in [5, 5.41) is 0. The molecule has 1 aliphatic carbocycles. The van der Waals surface area contributed by atoms with Gasteiger partial charge in [0.05, 0.1) is 5.69 Å². The van der Waals surface area contributed by atoms with Crippen LogP contribution in [-0.2, 0) is 10.8 Å². The van der Waals surface area contributed by atoms with Gasteiger partial charge >= 0.3 is 0 Å². The lowest BCUT2D eigenvalue weighted by molar-refractivity contribution is 0.519. The highest BCUT2D eigenvalue weighted by Gasteiger charge is 2.43. The van der Waals surface area contributed by atoms with Crippen LogP contribution in [0.2, 0.25) is 0 Å². The summed E-state index contributed by atoms with van der Waals surface area (Å²) >= 11 is 0. The van der Waals surface area contributed by atoms with Crippen LogP contribution in [0.25, 0.3) is 11.3 Å². The fourth-order valence-corrected chi connectivity index (χ4v) is 4.18. The summed E-state index contributed by atoms with van der Waals surface area (Å²) in [5.41, 5.74) is 7.41. The van der Waals surface area contributed by atoms with E-state index in [4.69, 9.17) is 0 Å². The van der Waals surface area contributed by atoms with E-state index in [0.29, 0.717) is 0 Å². The molecule has 3 aromatic rings. The molecule has 2 aromatic heterocycles. The van der Waals surface area contributed by atoms with Crippen LogP contribution in [0.15, 0.2) is 61.1 Å². The third-order valence-corrected chi connectivity index (χ3v) is 5.46. The van der Waals surface area contributed by atoms with Crippen molar-refractivity contribution in [2.45, 2.75) is 38.5 Å². The largest absolute Gasteiger partial charge is 0.264 e. The van der Waals surface area contributed by atoms with Crippen molar-refractivity contribution >= 4 is 0 Å². The van der Waals surface area contributed by atoms with Crippen LogP contribution in [0.3, 0.4) is 0 Å². The van der Waals surface area contributed by atoms with E-state index in [9.17, 15) is 0 Å². The van der Waals surface area contributed by atoms with E-state index in [-0.39, 0.29) is 10.8 Å². The predicted octanol–water partition coefficient (Wildman–Crippen LogP) is 5.11. The Morgan fingerprint density at radius 1 is 0.708 bits per heavy atom. The summed E-state index contributed by atoms with van der Waals surface area (Å²) in [7, 11) is 0. The number of rotatable bonds is 1. The molecule has 0 unspecified atom stereocenters. The molecule has 1 aromatic carbocycles. The fraction of sp³-hybridized carbons (Fsp3) is 0.273. The lowest BCUT2D eigenvalue weighted by Crippen LogP contribution is -2.37. The second-order valence-corrected chi connectivity index (χ2v) is 7.62. The first kappa shape index (κ1) is 15.1. The van der Waals surface area contributed by atoms with Crippen LogP contribution in [0.5, 0.6) is 0 Å². The number of nitrogens with zero attached hydrogens (tertiary/aromatic N) is 2. The van der Waals surface area contributed by atoms with E-state index in [2.05, 4.69) is 68.0 Å². The Balaban J connectivity index is 2.09. The Morgan fingerprint density at radius 3 is 2.04 bits per heavy atom. The molecule has 1 aliphatic rings. The molecule has 120 valence electrons. The van der Waals surface area contributed by atoms with Crippen molar-refractivity contribution < 1.29 is 0 Å². The first-order valence-corrected chi connectivity index (χ1v) is 8.44. The Labute approximate surface area is 143 Å². The maximum Gasteiger partial charge on any atom is 0.0720 e. The third kappa shape index (κ3) is 1.96. The van der Waals surface area contributed by atoms with Crippen molar-refractivity contribution in [2.75, 3.05) is 0 Å². The molecule has 2 nitrogen and oxygen atoms in total. The normalized spacial score (nSPS) is 17.0. The molecular weight excluding hydrogens is 292 g/mol. The lowest BCUT2D eigenvalue weighted by atomic mass is 9.59. The molecule has 0 fully saturated rings. The summed E-state index contributed by atoms with van der Waals surface area (Å²) in [4.78, 5) is 9.15. The Bertz CT molecular complexity index is 908. The molecule has 0 amide bonds. The number of benzene rings is 1. The number of pyridine rings is 2. The molecule has 0 radical (unpaired) electrons. The molecule has 24 heavy (non-hydrogen) atoms. The van der Waals surface area contributed by atoms with E-state index in [0.717, 1.165) is 11.3 Å². The van der Waals surface area contributed by atoms with Crippen LogP contribution in [0.4, 0.5) is 0 Å². The lowest BCUT2D eigenvalue weighted by Gasteiger charge is -2.44.